The van der Waals surface area contributed by atoms with E-state index in [1.54, 1.807) is 6.08 Å². The molecule has 6 heteroatoms. The van der Waals surface area contributed by atoms with Gasteiger partial charge >= 0.3 is 0 Å². The lowest BCUT2D eigenvalue weighted by molar-refractivity contribution is -0.117. The molecule has 4 nitrogen and oxygen atoms in total. The SMILES string of the molecule is C=CC1CC(=O)N(c2nc(Cl)cc(Cl)n2)C1. The van der Waals surface area contributed by atoms with Gasteiger partial charge in [0.15, 0.2) is 0 Å². The smallest absolute Gasteiger partial charge is 0.235 e. The maximum absolute atomic E-state index is 11.7. The molecule has 1 aliphatic rings. The Balaban J connectivity index is 2.30. The lowest BCUT2D eigenvalue weighted by Gasteiger charge is -2.13. The number of amides is 1. The van der Waals surface area contributed by atoms with E-state index < -0.39 is 0 Å². The maximum atomic E-state index is 11.7. The van der Waals surface area contributed by atoms with Gasteiger partial charge in [-0.2, -0.15) is 0 Å². The molecule has 0 N–H and O–H groups in total. The number of anilines is 1. The van der Waals surface area contributed by atoms with E-state index in [0.717, 1.165) is 0 Å². The molecule has 0 spiro atoms. The first-order valence-electron chi connectivity index (χ1n) is 4.73. The predicted octanol–water partition coefficient (Wildman–Crippen LogP) is 2.32. The third-order valence-corrected chi connectivity index (χ3v) is 2.77. The summed E-state index contributed by atoms with van der Waals surface area (Å²) < 4.78 is 0. The third kappa shape index (κ3) is 2.18. The highest BCUT2D eigenvalue weighted by Gasteiger charge is 2.30. The molecule has 1 atom stereocenters. The van der Waals surface area contributed by atoms with Gasteiger partial charge in [0.2, 0.25) is 11.9 Å². The Morgan fingerprint density at radius 3 is 2.56 bits per heavy atom. The summed E-state index contributed by atoms with van der Waals surface area (Å²) in [4.78, 5) is 21.1. The molecular formula is C10H9Cl2N3O. The van der Waals surface area contributed by atoms with Crippen LogP contribution >= 0.6 is 23.2 Å². The molecule has 1 fully saturated rings. The van der Waals surface area contributed by atoms with Gasteiger partial charge < -0.3 is 0 Å². The number of carbonyl (C=O) groups excluding carboxylic acids is 1. The van der Waals surface area contributed by atoms with Gasteiger partial charge in [0.05, 0.1) is 0 Å². The van der Waals surface area contributed by atoms with Crippen molar-refractivity contribution in [2.75, 3.05) is 11.4 Å². The van der Waals surface area contributed by atoms with Crippen molar-refractivity contribution in [3.8, 4) is 0 Å². The largest absolute Gasteiger partial charge is 0.280 e. The van der Waals surface area contributed by atoms with Crippen molar-refractivity contribution in [1.82, 2.24) is 9.97 Å². The summed E-state index contributed by atoms with van der Waals surface area (Å²) in [5.74, 6) is 0.351. The fraction of sp³-hybridized carbons (Fsp3) is 0.300. The van der Waals surface area contributed by atoms with Crippen molar-refractivity contribution in [2.24, 2.45) is 5.92 Å². The average molecular weight is 258 g/mol. The highest BCUT2D eigenvalue weighted by atomic mass is 35.5. The van der Waals surface area contributed by atoms with E-state index in [1.165, 1.54) is 11.0 Å². The van der Waals surface area contributed by atoms with Crippen LogP contribution in [0, 0.1) is 5.92 Å². The topological polar surface area (TPSA) is 46.1 Å². The number of rotatable bonds is 2. The summed E-state index contributed by atoms with van der Waals surface area (Å²) in [5.41, 5.74) is 0. The normalized spacial score (nSPS) is 20.2. The molecule has 0 bridgehead atoms. The molecule has 1 aromatic heterocycles. The van der Waals surface area contributed by atoms with E-state index in [9.17, 15) is 4.79 Å². The molecule has 84 valence electrons. The van der Waals surface area contributed by atoms with Gasteiger partial charge in [-0.15, -0.1) is 6.58 Å². The summed E-state index contributed by atoms with van der Waals surface area (Å²) in [6, 6.07) is 1.43. The second kappa shape index (κ2) is 4.39. The second-order valence-electron chi connectivity index (χ2n) is 3.52. The van der Waals surface area contributed by atoms with E-state index in [0.29, 0.717) is 13.0 Å². The highest BCUT2D eigenvalue weighted by molar-refractivity contribution is 6.33. The monoisotopic (exact) mass is 257 g/mol. The number of nitrogens with zero attached hydrogens (tertiary/aromatic N) is 3. The molecule has 1 aromatic rings. The minimum absolute atomic E-state index is 0.0387. The summed E-state index contributed by atoms with van der Waals surface area (Å²) in [6.45, 7) is 4.20. The zero-order valence-electron chi connectivity index (χ0n) is 8.36. The molecule has 2 heterocycles. The number of halogens is 2. The molecule has 1 amide bonds. The number of carbonyl (C=O) groups is 1. The lowest BCUT2D eigenvalue weighted by atomic mass is 10.1. The molecule has 0 saturated carbocycles. The molecule has 0 aliphatic carbocycles. The third-order valence-electron chi connectivity index (χ3n) is 2.38. The fourth-order valence-electron chi connectivity index (χ4n) is 1.59. The Labute approximate surface area is 103 Å². The summed E-state index contributed by atoms with van der Waals surface area (Å²) in [6.07, 6.45) is 2.18. The fourth-order valence-corrected chi connectivity index (χ4v) is 2.00. The van der Waals surface area contributed by atoms with Crippen LogP contribution in [0.3, 0.4) is 0 Å². The molecule has 16 heavy (non-hydrogen) atoms. The maximum Gasteiger partial charge on any atom is 0.235 e. The lowest BCUT2D eigenvalue weighted by Crippen LogP contribution is -2.26. The number of hydrogen-bond donors (Lipinski definition) is 0. The van der Waals surface area contributed by atoms with E-state index in [4.69, 9.17) is 23.2 Å². The second-order valence-corrected chi connectivity index (χ2v) is 4.29. The van der Waals surface area contributed by atoms with E-state index >= 15 is 0 Å². The number of aromatic nitrogens is 2. The highest BCUT2D eigenvalue weighted by Crippen LogP contribution is 2.25. The van der Waals surface area contributed by atoms with Crippen LogP contribution in [-0.2, 0) is 4.79 Å². The Morgan fingerprint density at radius 2 is 2.06 bits per heavy atom. The molecule has 1 aliphatic heterocycles. The molecule has 0 aromatic carbocycles. The van der Waals surface area contributed by atoms with Gasteiger partial charge in [0, 0.05) is 24.9 Å². The van der Waals surface area contributed by atoms with Crippen LogP contribution in [0.4, 0.5) is 5.95 Å². The van der Waals surface area contributed by atoms with Crippen LogP contribution in [0.15, 0.2) is 18.7 Å². The molecule has 0 radical (unpaired) electrons. The van der Waals surface area contributed by atoms with Crippen LogP contribution in [0.5, 0.6) is 0 Å². The van der Waals surface area contributed by atoms with E-state index in [-0.39, 0.29) is 28.1 Å². The minimum Gasteiger partial charge on any atom is -0.280 e. The first-order chi connectivity index (χ1) is 7.60. The Kier molecular flexibility index (Phi) is 3.12. The van der Waals surface area contributed by atoms with Crippen molar-refractivity contribution in [3.63, 3.8) is 0 Å². The van der Waals surface area contributed by atoms with Gasteiger partial charge in [-0.1, -0.05) is 29.3 Å². The quantitative estimate of drug-likeness (QED) is 0.604. The Bertz CT molecular complexity index is 429. The van der Waals surface area contributed by atoms with Crippen LogP contribution in [0.25, 0.3) is 0 Å². The van der Waals surface area contributed by atoms with Crippen LogP contribution in [-0.4, -0.2) is 22.4 Å². The van der Waals surface area contributed by atoms with Crippen LogP contribution in [0.2, 0.25) is 10.3 Å². The average Bonchev–Trinajstić information content (AvgIpc) is 2.58. The van der Waals surface area contributed by atoms with Gasteiger partial charge in [-0.25, -0.2) is 9.97 Å². The van der Waals surface area contributed by atoms with Crippen molar-refractivity contribution in [1.29, 1.82) is 0 Å². The Morgan fingerprint density at radius 1 is 1.44 bits per heavy atom. The molecule has 1 unspecified atom stereocenters. The summed E-state index contributed by atoms with van der Waals surface area (Å²) >= 11 is 11.5. The first kappa shape index (κ1) is 11.4. The molecule has 2 rings (SSSR count). The van der Waals surface area contributed by atoms with Crippen molar-refractivity contribution >= 4 is 35.1 Å². The standard InChI is InChI=1S/C10H9Cl2N3O/c1-2-6-3-9(16)15(5-6)10-13-7(11)4-8(12)14-10/h2,4,6H,1,3,5H2. The van der Waals surface area contributed by atoms with Gasteiger partial charge in [-0.05, 0) is 0 Å². The van der Waals surface area contributed by atoms with E-state index in [2.05, 4.69) is 16.5 Å². The van der Waals surface area contributed by atoms with Crippen molar-refractivity contribution < 1.29 is 4.79 Å². The predicted molar refractivity (Wildman–Crippen MR) is 62.7 cm³/mol. The minimum atomic E-state index is -0.0387. The van der Waals surface area contributed by atoms with E-state index in [1.807, 2.05) is 0 Å². The first-order valence-corrected chi connectivity index (χ1v) is 5.48. The molecule has 1 saturated heterocycles. The van der Waals surface area contributed by atoms with Crippen molar-refractivity contribution in [2.45, 2.75) is 6.42 Å². The summed E-state index contributed by atoms with van der Waals surface area (Å²) in [7, 11) is 0. The Hall–Kier alpha value is -1.13. The van der Waals surface area contributed by atoms with Gasteiger partial charge in [-0.3, -0.25) is 9.69 Å². The van der Waals surface area contributed by atoms with Gasteiger partial charge in [0.1, 0.15) is 10.3 Å². The summed E-state index contributed by atoms with van der Waals surface area (Å²) in [5, 5.41) is 0.453. The zero-order valence-corrected chi connectivity index (χ0v) is 9.87. The number of hydrogen-bond acceptors (Lipinski definition) is 3. The van der Waals surface area contributed by atoms with Crippen LogP contribution < -0.4 is 4.90 Å². The van der Waals surface area contributed by atoms with Crippen molar-refractivity contribution in [3.05, 3.63) is 29.0 Å². The van der Waals surface area contributed by atoms with Crippen LogP contribution in [0.1, 0.15) is 6.42 Å². The van der Waals surface area contributed by atoms with Gasteiger partial charge in [0.25, 0.3) is 0 Å². The molecular weight excluding hydrogens is 249 g/mol. The zero-order chi connectivity index (χ0) is 11.7.